The third kappa shape index (κ3) is 3.17. The van der Waals surface area contributed by atoms with Crippen molar-refractivity contribution < 1.29 is 13.9 Å². The fraction of sp³-hybridized carbons (Fsp3) is 0.133. The van der Waals surface area contributed by atoms with Crippen molar-refractivity contribution in [2.24, 2.45) is 0 Å². The van der Waals surface area contributed by atoms with Gasteiger partial charge in [-0.3, -0.25) is 4.79 Å². The number of methoxy groups -OCH3 is 1. The largest absolute Gasteiger partial charge is 0.496 e. The van der Waals surface area contributed by atoms with E-state index in [1.807, 2.05) is 6.92 Å². The topological polar surface area (TPSA) is 38.3 Å². The molecule has 0 bridgehead atoms. The lowest BCUT2D eigenvalue weighted by atomic mass is 10.1. The third-order valence-electron chi connectivity index (χ3n) is 2.85. The van der Waals surface area contributed by atoms with Crippen LogP contribution in [0.5, 0.6) is 5.75 Å². The van der Waals surface area contributed by atoms with Crippen LogP contribution in [-0.2, 0) is 0 Å². The highest BCUT2D eigenvalue weighted by molar-refractivity contribution is 9.10. The Kier molecular flexibility index (Phi) is 4.39. The molecule has 0 fully saturated rings. The summed E-state index contributed by atoms with van der Waals surface area (Å²) in [5.41, 5.74) is 1.80. The Hall–Kier alpha value is -1.88. The van der Waals surface area contributed by atoms with Crippen molar-refractivity contribution in [1.82, 2.24) is 0 Å². The van der Waals surface area contributed by atoms with Gasteiger partial charge in [-0.15, -0.1) is 0 Å². The third-order valence-corrected chi connectivity index (χ3v) is 3.49. The van der Waals surface area contributed by atoms with Gasteiger partial charge in [0.05, 0.1) is 11.6 Å². The van der Waals surface area contributed by atoms with Crippen LogP contribution >= 0.6 is 15.9 Å². The van der Waals surface area contributed by atoms with E-state index in [9.17, 15) is 9.18 Å². The Morgan fingerprint density at radius 1 is 1.25 bits per heavy atom. The molecular formula is C15H13BrFNO2. The van der Waals surface area contributed by atoms with E-state index in [0.29, 0.717) is 21.5 Å². The van der Waals surface area contributed by atoms with Crippen LogP contribution in [0.3, 0.4) is 0 Å². The van der Waals surface area contributed by atoms with Gasteiger partial charge < -0.3 is 10.1 Å². The summed E-state index contributed by atoms with van der Waals surface area (Å²) in [7, 11) is 1.55. The molecule has 0 aliphatic rings. The molecule has 5 heteroatoms. The van der Waals surface area contributed by atoms with Crippen molar-refractivity contribution in [2.45, 2.75) is 6.92 Å². The van der Waals surface area contributed by atoms with Crippen LogP contribution in [0.15, 0.2) is 40.9 Å². The molecule has 2 aromatic carbocycles. The zero-order chi connectivity index (χ0) is 14.7. The second-order valence-corrected chi connectivity index (χ2v) is 5.12. The molecule has 0 aromatic heterocycles. The molecule has 0 saturated heterocycles. The van der Waals surface area contributed by atoms with Crippen molar-refractivity contribution in [2.75, 3.05) is 12.4 Å². The Bertz CT molecular complexity index is 658. The summed E-state index contributed by atoms with van der Waals surface area (Å²) >= 11 is 3.06. The molecule has 0 aliphatic carbocycles. The van der Waals surface area contributed by atoms with Crippen molar-refractivity contribution in [3.63, 3.8) is 0 Å². The molecule has 2 aromatic rings. The van der Waals surface area contributed by atoms with Gasteiger partial charge in [0.1, 0.15) is 11.6 Å². The molecule has 1 amide bonds. The van der Waals surface area contributed by atoms with Crippen LogP contribution in [0.2, 0.25) is 0 Å². The minimum Gasteiger partial charge on any atom is -0.496 e. The molecule has 0 atom stereocenters. The molecule has 0 heterocycles. The highest BCUT2D eigenvalue weighted by atomic mass is 79.9. The number of carbonyl (C=O) groups is 1. The van der Waals surface area contributed by atoms with Gasteiger partial charge in [-0.25, -0.2) is 4.39 Å². The van der Waals surface area contributed by atoms with Gasteiger partial charge in [-0.2, -0.15) is 0 Å². The number of nitrogens with one attached hydrogen (secondary N) is 1. The first kappa shape index (κ1) is 14.5. The van der Waals surface area contributed by atoms with Crippen LogP contribution in [0, 0.1) is 12.7 Å². The molecule has 3 nitrogen and oxygen atoms in total. The fourth-order valence-corrected chi connectivity index (χ4v) is 1.99. The second-order valence-electron chi connectivity index (χ2n) is 4.27. The maximum absolute atomic E-state index is 13.4. The number of rotatable bonds is 3. The maximum Gasteiger partial charge on any atom is 0.255 e. The van der Waals surface area contributed by atoms with E-state index in [0.717, 1.165) is 5.56 Å². The number of anilines is 1. The van der Waals surface area contributed by atoms with Crippen LogP contribution in [0.1, 0.15) is 15.9 Å². The standard InChI is InChI=1S/C15H13BrFNO2/c1-9-3-4-10(7-14(9)20-2)15(19)18-11-5-6-12(16)13(17)8-11/h3-8H,1-2H3,(H,18,19). The zero-order valence-electron chi connectivity index (χ0n) is 11.0. The SMILES string of the molecule is COc1cc(C(=O)Nc2ccc(Br)c(F)c2)ccc1C. The summed E-state index contributed by atoms with van der Waals surface area (Å²) in [4.78, 5) is 12.1. The summed E-state index contributed by atoms with van der Waals surface area (Å²) in [5, 5.41) is 2.64. The molecule has 20 heavy (non-hydrogen) atoms. The Morgan fingerprint density at radius 2 is 2.00 bits per heavy atom. The molecule has 104 valence electrons. The normalized spacial score (nSPS) is 10.2. The summed E-state index contributed by atoms with van der Waals surface area (Å²) in [6.07, 6.45) is 0. The average Bonchev–Trinajstić information content (AvgIpc) is 2.43. The smallest absolute Gasteiger partial charge is 0.255 e. The van der Waals surface area contributed by atoms with Crippen molar-refractivity contribution in [3.8, 4) is 5.75 Å². The molecule has 0 spiro atoms. The molecule has 0 aliphatic heterocycles. The molecule has 0 radical (unpaired) electrons. The predicted octanol–water partition coefficient (Wildman–Crippen LogP) is 4.16. The van der Waals surface area contributed by atoms with Crippen LogP contribution < -0.4 is 10.1 Å². The van der Waals surface area contributed by atoms with Gasteiger partial charge in [0, 0.05) is 11.3 Å². The number of ether oxygens (including phenoxy) is 1. The molecule has 2 rings (SSSR count). The minimum atomic E-state index is -0.427. The first-order valence-electron chi connectivity index (χ1n) is 5.92. The van der Waals surface area contributed by atoms with Crippen molar-refractivity contribution in [1.29, 1.82) is 0 Å². The van der Waals surface area contributed by atoms with E-state index >= 15 is 0 Å². The first-order chi connectivity index (χ1) is 9.51. The lowest BCUT2D eigenvalue weighted by molar-refractivity contribution is 0.102. The summed E-state index contributed by atoms with van der Waals surface area (Å²) in [5.74, 6) is -0.103. The molecule has 0 unspecified atom stereocenters. The molecular weight excluding hydrogens is 325 g/mol. The summed E-state index contributed by atoms with van der Waals surface area (Å²) in [6.45, 7) is 1.89. The van der Waals surface area contributed by atoms with E-state index in [1.54, 1.807) is 37.4 Å². The Labute approximate surface area is 124 Å². The highest BCUT2D eigenvalue weighted by Gasteiger charge is 2.10. The van der Waals surface area contributed by atoms with Crippen molar-refractivity contribution >= 4 is 27.5 Å². The zero-order valence-corrected chi connectivity index (χ0v) is 12.6. The number of benzene rings is 2. The first-order valence-corrected chi connectivity index (χ1v) is 6.71. The van der Waals surface area contributed by atoms with E-state index in [1.165, 1.54) is 6.07 Å². The maximum atomic E-state index is 13.4. The van der Waals surface area contributed by atoms with Gasteiger partial charge in [0.2, 0.25) is 0 Å². The lowest BCUT2D eigenvalue weighted by Crippen LogP contribution is -2.12. The summed E-state index contributed by atoms with van der Waals surface area (Å²) in [6, 6.07) is 9.57. The fourth-order valence-electron chi connectivity index (χ4n) is 1.74. The molecule has 0 saturated carbocycles. The van der Waals surface area contributed by atoms with Gasteiger partial charge in [-0.1, -0.05) is 6.07 Å². The summed E-state index contributed by atoms with van der Waals surface area (Å²) < 4.78 is 18.9. The number of halogens is 2. The number of amides is 1. The molecule has 1 N–H and O–H groups in total. The number of hydrogen-bond acceptors (Lipinski definition) is 2. The van der Waals surface area contributed by atoms with Gasteiger partial charge in [-0.05, 0) is 58.7 Å². The van der Waals surface area contributed by atoms with Gasteiger partial charge in [0.25, 0.3) is 5.91 Å². The minimum absolute atomic E-state index is 0.315. The van der Waals surface area contributed by atoms with Crippen LogP contribution in [-0.4, -0.2) is 13.0 Å². The number of carbonyl (C=O) groups excluding carboxylic acids is 1. The van der Waals surface area contributed by atoms with Crippen LogP contribution in [0.25, 0.3) is 0 Å². The predicted molar refractivity (Wildman–Crippen MR) is 79.8 cm³/mol. The monoisotopic (exact) mass is 337 g/mol. The quantitative estimate of drug-likeness (QED) is 0.913. The van der Waals surface area contributed by atoms with E-state index < -0.39 is 5.82 Å². The second kappa shape index (κ2) is 6.05. The number of hydrogen-bond donors (Lipinski definition) is 1. The van der Waals surface area contributed by atoms with Crippen LogP contribution in [0.4, 0.5) is 10.1 Å². The van der Waals surface area contributed by atoms with E-state index in [2.05, 4.69) is 21.2 Å². The Balaban J connectivity index is 2.21. The average molecular weight is 338 g/mol. The highest BCUT2D eigenvalue weighted by Crippen LogP contribution is 2.22. The Morgan fingerprint density at radius 3 is 2.65 bits per heavy atom. The number of aryl methyl sites for hydroxylation is 1. The van der Waals surface area contributed by atoms with Gasteiger partial charge in [0.15, 0.2) is 0 Å². The van der Waals surface area contributed by atoms with E-state index in [-0.39, 0.29) is 5.91 Å². The van der Waals surface area contributed by atoms with Crippen molar-refractivity contribution in [3.05, 3.63) is 57.8 Å². The lowest BCUT2D eigenvalue weighted by Gasteiger charge is -2.09. The van der Waals surface area contributed by atoms with Gasteiger partial charge >= 0.3 is 0 Å². The van der Waals surface area contributed by atoms with E-state index in [4.69, 9.17) is 4.74 Å².